The van der Waals surface area contributed by atoms with Gasteiger partial charge in [-0.25, -0.2) is 9.78 Å². The smallest absolute Gasteiger partial charge is 0.410 e. The molecule has 2 aromatic rings. The minimum atomic E-state index is -0.559. The zero-order valence-corrected chi connectivity index (χ0v) is 17.0. The SMILES string of the molecule is CC(C)(C)OC(=O)N1CCCCC[C@@H]1c1nc2cc(Br)sc2c(=O)[nH]1. The summed E-state index contributed by atoms with van der Waals surface area (Å²) < 4.78 is 7.02. The number of amides is 1. The standard InChI is InChI=1S/C17H22BrN3O3S/c1-17(2,3)24-16(23)21-8-6-4-5-7-11(21)14-19-10-9-12(18)25-13(10)15(22)20-14/h9,11H,4-8H2,1-3H3,(H,19,20,22)/t11-/m1/s1. The first kappa shape index (κ1) is 18.4. The van der Waals surface area contributed by atoms with Crippen LogP contribution in [0.25, 0.3) is 10.2 Å². The Balaban J connectivity index is 1.99. The minimum Gasteiger partial charge on any atom is -0.444 e. The molecule has 136 valence electrons. The molecule has 25 heavy (non-hydrogen) atoms. The molecule has 1 aliphatic rings. The van der Waals surface area contributed by atoms with Crippen LogP contribution >= 0.6 is 27.3 Å². The van der Waals surface area contributed by atoms with E-state index in [0.29, 0.717) is 22.6 Å². The van der Waals surface area contributed by atoms with Crippen LogP contribution in [0, 0.1) is 0 Å². The van der Waals surface area contributed by atoms with Crippen LogP contribution in [-0.4, -0.2) is 33.1 Å². The molecular weight excluding hydrogens is 406 g/mol. The van der Waals surface area contributed by atoms with Gasteiger partial charge in [-0.3, -0.25) is 9.69 Å². The number of carbonyl (C=O) groups is 1. The van der Waals surface area contributed by atoms with Crippen molar-refractivity contribution in [2.24, 2.45) is 0 Å². The van der Waals surface area contributed by atoms with E-state index in [1.54, 1.807) is 4.90 Å². The molecule has 0 radical (unpaired) electrons. The number of ether oxygens (including phenoxy) is 1. The first-order valence-corrected chi connectivity index (χ1v) is 10.0. The second-order valence-electron chi connectivity index (χ2n) is 7.25. The highest BCUT2D eigenvalue weighted by molar-refractivity contribution is 9.11. The summed E-state index contributed by atoms with van der Waals surface area (Å²) in [5.74, 6) is 0.538. The van der Waals surface area contributed by atoms with Crippen LogP contribution in [0.15, 0.2) is 14.6 Å². The van der Waals surface area contributed by atoms with Crippen LogP contribution in [0.4, 0.5) is 4.79 Å². The van der Waals surface area contributed by atoms with Crippen LogP contribution < -0.4 is 5.56 Å². The molecule has 2 aromatic heterocycles. The average Bonchev–Trinajstić information content (AvgIpc) is 2.72. The van der Waals surface area contributed by atoms with E-state index in [2.05, 4.69) is 25.9 Å². The van der Waals surface area contributed by atoms with Gasteiger partial charge in [0.1, 0.15) is 16.1 Å². The summed E-state index contributed by atoms with van der Waals surface area (Å²) in [6, 6.07) is 1.57. The number of halogens is 1. The van der Waals surface area contributed by atoms with Crippen molar-refractivity contribution in [2.45, 2.75) is 58.1 Å². The van der Waals surface area contributed by atoms with Gasteiger partial charge in [-0.05, 0) is 55.6 Å². The maximum Gasteiger partial charge on any atom is 0.410 e. The molecule has 0 aliphatic carbocycles. The summed E-state index contributed by atoms with van der Waals surface area (Å²) in [4.78, 5) is 34.3. The van der Waals surface area contributed by atoms with Crippen molar-refractivity contribution in [3.05, 3.63) is 26.0 Å². The number of nitrogens with zero attached hydrogens (tertiary/aromatic N) is 2. The highest BCUT2D eigenvalue weighted by atomic mass is 79.9. The Kier molecular flexibility index (Phi) is 5.20. The molecule has 3 heterocycles. The van der Waals surface area contributed by atoms with Crippen molar-refractivity contribution in [3.63, 3.8) is 0 Å². The number of aromatic amines is 1. The predicted molar refractivity (Wildman–Crippen MR) is 102 cm³/mol. The second-order valence-corrected chi connectivity index (χ2v) is 9.69. The van der Waals surface area contributed by atoms with E-state index < -0.39 is 5.60 Å². The number of fused-ring (bicyclic) bond motifs is 1. The molecule has 0 spiro atoms. The number of thiophene rings is 1. The number of H-pyrrole nitrogens is 1. The summed E-state index contributed by atoms with van der Waals surface area (Å²) in [5, 5.41) is 0. The van der Waals surface area contributed by atoms with Crippen molar-refractivity contribution in [1.29, 1.82) is 0 Å². The first-order valence-electron chi connectivity index (χ1n) is 8.43. The lowest BCUT2D eigenvalue weighted by Gasteiger charge is -2.31. The van der Waals surface area contributed by atoms with Gasteiger partial charge in [-0.15, -0.1) is 11.3 Å². The topological polar surface area (TPSA) is 75.3 Å². The van der Waals surface area contributed by atoms with Crippen molar-refractivity contribution in [1.82, 2.24) is 14.9 Å². The van der Waals surface area contributed by atoms with E-state index in [0.717, 1.165) is 29.5 Å². The second kappa shape index (κ2) is 7.07. The highest BCUT2D eigenvalue weighted by Crippen LogP contribution is 2.31. The Morgan fingerprint density at radius 1 is 1.40 bits per heavy atom. The molecule has 1 fully saturated rings. The van der Waals surface area contributed by atoms with Gasteiger partial charge in [-0.2, -0.15) is 0 Å². The Labute approximate surface area is 158 Å². The molecule has 1 N–H and O–H groups in total. The van der Waals surface area contributed by atoms with Gasteiger partial charge in [0.05, 0.1) is 15.3 Å². The molecule has 6 nitrogen and oxygen atoms in total. The molecule has 1 atom stereocenters. The van der Waals surface area contributed by atoms with Crippen molar-refractivity contribution in [2.75, 3.05) is 6.54 Å². The third-order valence-electron chi connectivity index (χ3n) is 4.07. The average molecular weight is 428 g/mol. The maximum absolute atomic E-state index is 12.7. The molecule has 0 bridgehead atoms. The number of hydrogen-bond acceptors (Lipinski definition) is 5. The third-order valence-corrected chi connectivity index (χ3v) is 5.69. The Hall–Kier alpha value is -1.41. The lowest BCUT2D eigenvalue weighted by molar-refractivity contribution is 0.0155. The van der Waals surface area contributed by atoms with Gasteiger partial charge in [-0.1, -0.05) is 12.8 Å². The Bertz CT molecular complexity index is 840. The highest BCUT2D eigenvalue weighted by Gasteiger charge is 2.32. The largest absolute Gasteiger partial charge is 0.444 e. The van der Waals surface area contributed by atoms with Crippen LogP contribution in [0.5, 0.6) is 0 Å². The van der Waals surface area contributed by atoms with Crippen LogP contribution in [0.1, 0.15) is 58.3 Å². The summed E-state index contributed by atoms with van der Waals surface area (Å²) in [5.41, 5.74) is -0.0650. The van der Waals surface area contributed by atoms with E-state index in [4.69, 9.17) is 4.74 Å². The molecule has 0 unspecified atom stereocenters. The zero-order chi connectivity index (χ0) is 18.2. The summed E-state index contributed by atoms with van der Waals surface area (Å²) in [6.07, 6.45) is 3.37. The lowest BCUT2D eigenvalue weighted by Crippen LogP contribution is -2.40. The molecule has 1 aliphatic heterocycles. The number of carbonyl (C=O) groups excluding carboxylic acids is 1. The quantitative estimate of drug-likeness (QED) is 0.721. The van der Waals surface area contributed by atoms with Crippen LogP contribution in [0.3, 0.4) is 0 Å². The Morgan fingerprint density at radius 3 is 2.88 bits per heavy atom. The zero-order valence-electron chi connectivity index (χ0n) is 14.6. The Morgan fingerprint density at radius 2 is 2.16 bits per heavy atom. The maximum atomic E-state index is 12.7. The predicted octanol–water partition coefficient (Wildman–Crippen LogP) is 4.60. The normalized spacial score (nSPS) is 19.0. The van der Waals surface area contributed by atoms with Gasteiger partial charge < -0.3 is 9.72 Å². The van der Waals surface area contributed by atoms with Gasteiger partial charge >= 0.3 is 6.09 Å². The van der Waals surface area contributed by atoms with E-state index >= 15 is 0 Å². The van der Waals surface area contributed by atoms with Crippen molar-refractivity contribution in [3.8, 4) is 0 Å². The lowest BCUT2D eigenvalue weighted by atomic mass is 10.1. The van der Waals surface area contributed by atoms with E-state index in [-0.39, 0.29) is 17.7 Å². The fourth-order valence-corrected chi connectivity index (χ4v) is 4.44. The summed E-state index contributed by atoms with van der Waals surface area (Å²) in [7, 11) is 0. The van der Waals surface area contributed by atoms with Gasteiger partial charge in [0, 0.05) is 6.54 Å². The third kappa shape index (κ3) is 4.23. The fraction of sp³-hybridized carbons (Fsp3) is 0.588. The number of likely N-dealkylation sites (tertiary alicyclic amines) is 1. The summed E-state index contributed by atoms with van der Waals surface area (Å²) >= 11 is 4.76. The minimum absolute atomic E-state index is 0.163. The molecule has 0 aromatic carbocycles. The first-order chi connectivity index (χ1) is 11.7. The number of rotatable bonds is 1. The van der Waals surface area contributed by atoms with Gasteiger partial charge in [0.25, 0.3) is 5.56 Å². The molecule has 8 heteroatoms. The van der Waals surface area contributed by atoms with E-state index in [9.17, 15) is 9.59 Å². The molecule has 1 amide bonds. The number of nitrogens with one attached hydrogen (secondary N) is 1. The van der Waals surface area contributed by atoms with Crippen LogP contribution in [-0.2, 0) is 4.74 Å². The van der Waals surface area contributed by atoms with E-state index in [1.807, 2.05) is 26.8 Å². The van der Waals surface area contributed by atoms with Gasteiger partial charge in [0.2, 0.25) is 0 Å². The number of aromatic nitrogens is 2. The van der Waals surface area contributed by atoms with E-state index in [1.165, 1.54) is 11.3 Å². The summed E-state index contributed by atoms with van der Waals surface area (Å²) in [6.45, 7) is 6.17. The molecular formula is C17H22BrN3O3S. The van der Waals surface area contributed by atoms with Crippen LogP contribution in [0.2, 0.25) is 0 Å². The monoisotopic (exact) mass is 427 g/mol. The fourth-order valence-electron chi connectivity index (χ4n) is 3.02. The molecule has 0 saturated carbocycles. The van der Waals surface area contributed by atoms with Crippen molar-refractivity contribution >= 4 is 43.6 Å². The van der Waals surface area contributed by atoms with Crippen molar-refractivity contribution < 1.29 is 9.53 Å². The molecule has 1 saturated heterocycles. The molecule has 3 rings (SSSR count). The number of hydrogen-bond donors (Lipinski definition) is 1. The van der Waals surface area contributed by atoms with Gasteiger partial charge in [0.15, 0.2) is 0 Å².